The molecule has 0 aliphatic carbocycles. The molecule has 1 aromatic carbocycles. The first-order valence-electron chi connectivity index (χ1n) is 6.90. The van der Waals surface area contributed by atoms with Crippen molar-refractivity contribution in [3.05, 3.63) is 46.8 Å². The Labute approximate surface area is 135 Å². The summed E-state index contributed by atoms with van der Waals surface area (Å²) >= 11 is 6.28. The number of allylic oxidation sites excluding steroid dienone is 2. The molecule has 22 heavy (non-hydrogen) atoms. The van der Waals surface area contributed by atoms with Crippen LogP contribution in [0.3, 0.4) is 0 Å². The second-order valence-corrected chi connectivity index (χ2v) is 7.42. The van der Waals surface area contributed by atoms with Crippen LogP contribution in [-0.4, -0.2) is 37.1 Å². The van der Waals surface area contributed by atoms with Gasteiger partial charge in [-0.2, -0.15) is 0 Å². The van der Waals surface area contributed by atoms with E-state index in [1.165, 1.54) is 11.4 Å². The molecule has 2 aliphatic rings. The van der Waals surface area contributed by atoms with Crippen molar-refractivity contribution in [3.63, 3.8) is 0 Å². The number of rotatable bonds is 1. The molecule has 0 bridgehead atoms. The largest absolute Gasteiger partial charge is 0.332 e. The molecule has 0 atom stereocenters. The molecule has 1 aromatic rings. The molecule has 5 nitrogen and oxygen atoms in total. The van der Waals surface area contributed by atoms with E-state index in [1.54, 1.807) is 25.1 Å². The van der Waals surface area contributed by atoms with E-state index in [4.69, 9.17) is 11.6 Å². The number of benzene rings is 1. The van der Waals surface area contributed by atoms with Crippen molar-refractivity contribution in [2.75, 3.05) is 13.6 Å². The number of hydrogen-bond acceptors (Lipinski definition) is 4. The molecule has 0 radical (unpaired) electrons. The Morgan fingerprint density at radius 2 is 2.05 bits per heavy atom. The van der Waals surface area contributed by atoms with E-state index in [-0.39, 0.29) is 9.92 Å². The minimum absolute atomic E-state index is 0.0653. The number of sulfonamides is 1. The average Bonchev–Trinajstić information content (AvgIpc) is 2.57. The summed E-state index contributed by atoms with van der Waals surface area (Å²) in [5.41, 5.74) is 1.62. The lowest BCUT2D eigenvalue weighted by atomic mass is 10.2. The standard InChI is InChI=1S/C15H16ClN3O2S/c1-4-19-9-5-6-12-15(19)17-11-8-7-10(2)13(16)14(11)22(20,21)18(12)3/h5-9H,4H2,1-3H3. The number of amidine groups is 1. The molecule has 0 spiro atoms. The second kappa shape index (κ2) is 5.14. The normalized spacial score (nSPS) is 19.1. The fourth-order valence-corrected chi connectivity index (χ4v) is 4.40. The molecule has 0 N–H and O–H groups in total. The maximum atomic E-state index is 12.9. The van der Waals surface area contributed by atoms with E-state index in [0.29, 0.717) is 29.3 Å². The summed E-state index contributed by atoms with van der Waals surface area (Å²) in [5, 5.41) is 0.226. The summed E-state index contributed by atoms with van der Waals surface area (Å²) < 4.78 is 27.1. The van der Waals surface area contributed by atoms with Crippen LogP contribution in [0.4, 0.5) is 5.69 Å². The predicted molar refractivity (Wildman–Crippen MR) is 87.8 cm³/mol. The first-order chi connectivity index (χ1) is 10.4. The molecule has 0 aromatic heterocycles. The molecule has 116 valence electrons. The van der Waals surface area contributed by atoms with Crippen LogP contribution >= 0.6 is 11.6 Å². The number of likely N-dealkylation sites (N-methyl/N-ethyl adjacent to an activating group) is 2. The van der Waals surface area contributed by atoms with Crippen molar-refractivity contribution >= 4 is 33.1 Å². The third-order valence-corrected chi connectivity index (χ3v) is 6.26. The fourth-order valence-electron chi connectivity index (χ4n) is 2.51. The predicted octanol–water partition coefficient (Wildman–Crippen LogP) is 3.05. The zero-order valence-corrected chi connectivity index (χ0v) is 14.1. The van der Waals surface area contributed by atoms with Crippen molar-refractivity contribution in [2.45, 2.75) is 18.7 Å². The highest BCUT2D eigenvalue weighted by Gasteiger charge is 2.35. The Balaban J connectivity index is 2.37. The van der Waals surface area contributed by atoms with Gasteiger partial charge in [-0.25, -0.2) is 13.4 Å². The summed E-state index contributed by atoms with van der Waals surface area (Å²) in [5.74, 6) is 0.606. The van der Waals surface area contributed by atoms with E-state index < -0.39 is 10.0 Å². The van der Waals surface area contributed by atoms with Crippen LogP contribution in [0.5, 0.6) is 0 Å². The molecule has 0 saturated carbocycles. The van der Waals surface area contributed by atoms with Crippen molar-refractivity contribution < 1.29 is 8.42 Å². The highest BCUT2D eigenvalue weighted by Crippen LogP contribution is 2.40. The Hall–Kier alpha value is -1.79. The van der Waals surface area contributed by atoms with Crippen molar-refractivity contribution in [1.82, 2.24) is 9.21 Å². The molecule has 0 unspecified atom stereocenters. The zero-order chi connectivity index (χ0) is 16.1. The summed E-state index contributed by atoms with van der Waals surface area (Å²) in [6.07, 6.45) is 5.44. The summed E-state index contributed by atoms with van der Waals surface area (Å²) in [4.78, 5) is 6.55. The van der Waals surface area contributed by atoms with Gasteiger partial charge in [-0.05, 0) is 37.6 Å². The molecule has 3 rings (SSSR count). The van der Waals surface area contributed by atoms with Crippen LogP contribution in [-0.2, 0) is 10.0 Å². The van der Waals surface area contributed by atoms with Crippen LogP contribution in [0.2, 0.25) is 5.02 Å². The van der Waals surface area contributed by atoms with Crippen LogP contribution in [0.1, 0.15) is 12.5 Å². The highest BCUT2D eigenvalue weighted by molar-refractivity contribution is 7.89. The van der Waals surface area contributed by atoms with Crippen molar-refractivity contribution in [1.29, 1.82) is 0 Å². The van der Waals surface area contributed by atoms with Gasteiger partial charge in [-0.1, -0.05) is 17.7 Å². The smallest absolute Gasteiger partial charge is 0.267 e. The third kappa shape index (κ3) is 2.06. The van der Waals surface area contributed by atoms with Crippen LogP contribution in [0, 0.1) is 6.92 Å². The van der Waals surface area contributed by atoms with Gasteiger partial charge in [0.05, 0.1) is 16.4 Å². The van der Waals surface area contributed by atoms with E-state index in [1.807, 2.05) is 24.1 Å². The molecule has 0 fully saturated rings. The van der Waals surface area contributed by atoms with Gasteiger partial charge in [0.25, 0.3) is 10.0 Å². The van der Waals surface area contributed by atoms with E-state index >= 15 is 0 Å². The monoisotopic (exact) mass is 337 g/mol. The number of aliphatic imine (C=N–C) groups is 1. The fraction of sp³-hybridized carbons (Fsp3) is 0.267. The molecule has 0 amide bonds. The Morgan fingerprint density at radius 1 is 1.32 bits per heavy atom. The quantitative estimate of drug-likeness (QED) is 0.791. The average molecular weight is 338 g/mol. The van der Waals surface area contributed by atoms with Gasteiger partial charge in [0, 0.05) is 19.8 Å². The SMILES string of the molecule is CCN1C=CC=C2C1=Nc1ccc(C)c(Cl)c1S(=O)(=O)N2C. The molecular formula is C15H16ClN3O2S. The number of aryl methyl sites for hydroxylation is 1. The summed E-state index contributed by atoms with van der Waals surface area (Å²) in [6.45, 7) is 4.45. The Morgan fingerprint density at radius 3 is 2.73 bits per heavy atom. The van der Waals surface area contributed by atoms with Gasteiger partial charge in [-0.3, -0.25) is 4.31 Å². The minimum Gasteiger partial charge on any atom is -0.332 e. The highest BCUT2D eigenvalue weighted by atomic mass is 35.5. The lowest BCUT2D eigenvalue weighted by Crippen LogP contribution is -2.37. The van der Waals surface area contributed by atoms with E-state index in [0.717, 1.165) is 0 Å². The maximum Gasteiger partial charge on any atom is 0.267 e. The van der Waals surface area contributed by atoms with E-state index in [2.05, 4.69) is 4.99 Å². The topological polar surface area (TPSA) is 53.0 Å². The van der Waals surface area contributed by atoms with E-state index in [9.17, 15) is 8.42 Å². The van der Waals surface area contributed by atoms with Gasteiger partial charge in [0.1, 0.15) is 4.90 Å². The maximum absolute atomic E-state index is 12.9. The molecule has 7 heteroatoms. The molecular weight excluding hydrogens is 322 g/mol. The Kier molecular flexibility index (Phi) is 3.53. The van der Waals surface area contributed by atoms with Crippen molar-refractivity contribution in [2.24, 2.45) is 4.99 Å². The van der Waals surface area contributed by atoms with Gasteiger partial charge < -0.3 is 4.90 Å². The number of halogens is 1. The lowest BCUT2D eigenvalue weighted by molar-refractivity contribution is 0.518. The minimum atomic E-state index is -3.75. The summed E-state index contributed by atoms with van der Waals surface area (Å²) in [6, 6.07) is 3.48. The zero-order valence-electron chi connectivity index (χ0n) is 12.5. The number of nitrogens with zero attached hydrogens (tertiary/aromatic N) is 3. The summed E-state index contributed by atoms with van der Waals surface area (Å²) in [7, 11) is -2.23. The van der Waals surface area contributed by atoms with Gasteiger partial charge >= 0.3 is 0 Å². The Bertz CT molecular complexity index is 841. The van der Waals surface area contributed by atoms with Crippen LogP contribution in [0.25, 0.3) is 0 Å². The molecule has 2 aliphatic heterocycles. The van der Waals surface area contributed by atoms with Crippen LogP contribution < -0.4 is 0 Å². The first kappa shape index (κ1) is 15.1. The van der Waals surface area contributed by atoms with Crippen LogP contribution in [0.15, 0.2) is 46.1 Å². The first-order valence-corrected chi connectivity index (χ1v) is 8.72. The molecule has 2 heterocycles. The number of fused-ring (bicyclic) bond motifs is 2. The lowest BCUT2D eigenvalue weighted by Gasteiger charge is -2.28. The third-order valence-electron chi connectivity index (χ3n) is 3.82. The van der Waals surface area contributed by atoms with Crippen molar-refractivity contribution in [3.8, 4) is 0 Å². The van der Waals surface area contributed by atoms with Gasteiger partial charge in [0.15, 0.2) is 5.84 Å². The van der Waals surface area contributed by atoms with Gasteiger partial charge in [0.2, 0.25) is 0 Å². The molecule has 0 saturated heterocycles. The van der Waals surface area contributed by atoms with Gasteiger partial charge in [-0.15, -0.1) is 0 Å². The second-order valence-electron chi connectivity index (χ2n) is 5.13. The number of hydrogen-bond donors (Lipinski definition) is 0.